The molecule has 0 aromatic heterocycles. The fourth-order valence-corrected chi connectivity index (χ4v) is 1.47. The van der Waals surface area contributed by atoms with E-state index in [1.54, 1.807) is 6.08 Å². The van der Waals surface area contributed by atoms with Gasteiger partial charge in [-0.25, -0.2) is 0 Å². The molecule has 0 N–H and O–H groups in total. The van der Waals surface area contributed by atoms with Crippen molar-refractivity contribution in [2.24, 2.45) is 5.41 Å². The van der Waals surface area contributed by atoms with Gasteiger partial charge in [-0.15, -0.1) is 6.58 Å². The van der Waals surface area contributed by atoms with E-state index in [1.165, 1.54) is 13.8 Å². The average Bonchev–Trinajstić information content (AvgIpc) is 2.34. The van der Waals surface area contributed by atoms with Crippen molar-refractivity contribution in [2.75, 3.05) is 13.2 Å². The molecule has 4 heteroatoms. The van der Waals surface area contributed by atoms with Crippen LogP contribution >= 0.6 is 0 Å². The molecule has 0 saturated heterocycles. The first-order valence-electron chi connectivity index (χ1n) is 6.14. The molecule has 0 aliphatic rings. The molecule has 0 aromatic rings. The lowest BCUT2D eigenvalue weighted by Crippen LogP contribution is -2.31. The quantitative estimate of drug-likeness (QED) is 0.385. The third-order valence-electron chi connectivity index (χ3n) is 2.43. The summed E-state index contributed by atoms with van der Waals surface area (Å²) in [5, 5.41) is 0. The maximum atomic E-state index is 11.0. The summed E-state index contributed by atoms with van der Waals surface area (Å²) in [6.45, 7) is 8.59. The van der Waals surface area contributed by atoms with E-state index < -0.39 is 5.41 Å². The van der Waals surface area contributed by atoms with Gasteiger partial charge in [-0.05, 0) is 13.3 Å². The lowest BCUT2D eigenvalue weighted by atomic mass is 9.85. The average molecular weight is 266 g/mol. The smallest absolute Gasteiger partial charge is 0.302 e. The van der Waals surface area contributed by atoms with Crippen LogP contribution in [0.2, 0.25) is 0 Å². The summed E-state index contributed by atoms with van der Waals surface area (Å²) in [7, 11) is 0. The lowest BCUT2D eigenvalue weighted by Gasteiger charge is -2.28. The second-order valence-corrected chi connectivity index (χ2v) is 4.30. The first-order valence-corrected chi connectivity index (χ1v) is 6.14. The molecule has 0 radical (unpaired) electrons. The third-order valence-corrected chi connectivity index (χ3v) is 2.43. The zero-order chi connectivity index (χ0) is 14.7. The van der Waals surface area contributed by atoms with Crippen molar-refractivity contribution in [3.05, 3.63) is 37.0 Å². The summed E-state index contributed by atoms with van der Waals surface area (Å²) in [6, 6.07) is 0. The summed E-state index contributed by atoms with van der Waals surface area (Å²) in [4.78, 5) is 21.9. The van der Waals surface area contributed by atoms with Gasteiger partial charge in [-0.3, -0.25) is 9.59 Å². The van der Waals surface area contributed by atoms with E-state index >= 15 is 0 Å². The number of rotatable bonds is 8. The predicted octanol–water partition coefficient (Wildman–Crippen LogP) is 2.81. The molecule has 0 spiro atoms. The van der Waals surface area contributed by atoms with Crippen LogP contribution in [-0.2, 0) is 19.1 Å². The van der Waals surface area contributed by atoms with Gasteiger partial charge in [0.1, 0.15) is 13.2 Å². The Hall–Kier alpha value is -1.84. The van der Waals surface area contributed by atoms with Crippen molar-refractivity contribution in [2.45, 2.75) is 27.2 Å². The molecule has 19 heavy (non-hydrogen) atoms. The highest BCUT2D eigenvalue weighted by molar-refractivity contribution is 5.66. The molecule has 0 rings (SSSR count). The van der Waals surface area contributed by atoms with E-state index in [1.807, 2.05) is 31.2 Å². The van der Waals surface area contributed by atoms with Gasteiger partial charge in [-0.1, -0.05) is 30.4 Å². The first kappa shape index (κ1) is 17.2. The van der Waals surface area contributed by atoms with Gasteiger partial charge < -0.3 is 9.47 Å². The molecule has 0 aliphatic heterocycles. The van der Waals surface area contributed by atoms with Crippen LogP contribution in [0, 0.1) is 5.41 Å². The van der Waals surface area contributed by atoms with Crippen molar-refractivity contribution < 1.29 is 19.1 Å². The number of carbonyl (C=O) groups excluding carboxylic acids is 2. The predicted molar refractivity (Wildman–Crippen MR) is 74.5 cm³/mol. The van der Waals surface area contributed by atoms with Gasteiger partial charge >= 0.3 is 11.9 Å². The maximum Gasteiger partial charge on any atom is 0.302 e. The highest BCUT2D eigenvalue weighted by Gasteiger charge is 2.29. The van der Waals surface area contributed by atoms with Crippen molar-refractivity contribution in [1.82, 2.24) is 0 Å². The molecule has 0 bridgehead atoms. The Kier molecular flexibility index (Phi) is 8.25. The second-order valence-electron chi connectivity index (χ2n) is 4.30. The van der Waals surface area contributed by atoms with Crippen molar-refractivity contribution in [1.29, 1.82) is 0 Å². The largest absolute Gasteiger partial charge is 0.465 e. The number of allylic oxidation sites excluding steroid dienone is 4. The first-order chi connectivity index (χ1) is 8.95. The topological polar surface area (TPSA) is 52.6 Å². The molecule has 106 valence electrons. The summed E-state index contributed by atoms with van der Waals surface area (Å²) in [6.07, 6.45) is 9.72. The number of carbonyl (C=O) groups is 2. The molecule has 4 nitrogen and oxygen atoms in total. The highest BCUT2D eigenvalue weighted by Crippen LogP contribution is 2.26. The van der Waals surface area contributed by atoms with Crippen LogP contribution in [0.3, 0.4) is 0 Å². The summed E-state index contributed by atoms with van der Waals surface area (Å²) >= 11 is 0. The third kappa shape index (κ3) is 7.97. The standard InChI is InChI=1S/C15H22O4/c1-5-7-8-10-15(9-6-2,11-18-13(3)16)12-19-14(4)17/h5-8,10H,2,9,11-12H2,1,3-4H3/b7-5-,10-8+. The van der Waals surface area contributed by atoms with Crippen LogP contribution in [0.1, 0.15) is 27.2 Å². The van der Waals surface area contributed by atoms with Gasteiger partial charge in [0.25, 0.3) is 0 Å². The number of hydrogen-bond acceptors (Lipinski definition) is 4. The lowest BCUT2D eigenvalue weighted by molar-refractivity contribution is -0.149. The SMILES string of the molecule is C=CCC(/C=C/C=C\C)(COC(C)=O)COC(C)=O. The summed E-state index contributed by atoms with van der Waals surface area (Å²) in [5.41, 5.74) is -0.571. The van der Waals surface area contributed by atoms with Crippen LogP contribution in [0.5, 0.6) is 0 Å². The maximum absolute atomic E-state index is 11.0. The number of esters is 2. The minimum absolute atomic E-state index is 0.148. The van der Waals surface area contributed by atoms with Crippen LogP contribution in [-0.4, -0.2) is 25.2 Å². The fraction of sp³-hybridized carbons (Fsp3) is 0.467. The Morgan fingerprint density at radius 1 is 1.11 bits per heavy atom. The molecule has 0 unspecified atom stereocenters. The molecule has 0 amide bonds. The molecule has 0 fully saturated rings. The van der Waals surface area contributed by atoms with Gasteiger partial charge in [0, 0.05) is 13.8 Å². The Morgan fingerprint density at radius 2 is 1.63 bits per heavy atom. The Labute approximate surface area is 114 Å². The Balaban J connectivity index is 5.00. The molecular formula is C15H22O4. The fourth-order valence-electron chi connectivity index (χ4n) is 1.47. The van der Waals surface area contributed by atoms with Gasteiger partial charge in [0.2, 0.25) is 0 Å². The van der Waals surface area contributed by atoms with Crippen molar-refractivity contribution >= 4 is 11.9 Å². The molecule has 0 aromatic carbocycles. The van der Waals surface area contributed by atoms with Gasteiger partial charge in [0.15, 0.2) is 0 Å². The van der Waals surface area contributed by atoms with Gasteiger partial charge in [0.05, 0.1) is 5.41 Å². The minimum Gasteiger partial charge on any atom is -0.465 e. The van der Waals surface area contributed by atoms with Crippen molar-refractivity contribution in [3.63, 3.8) is 0 Å². The number of hydrogen-bond donors (Lipinski definition) is 0. The molecule has 0 atom stereocenters. The normalized spacial score (nSPS) is 11.7. The summed E-state index contributed by atoms with van der Waals surface area (Å²) in [5.74, 6) is -0.730. The van der Waals surface area contributed by atoms with Crippen LogP contribution < -0.4 is 0 Å². The Morgan fingerprint density at radius 3 is 2.00 bits per heavy atom. The molecular weight excluding hydrogens is 244 g/mol. The zero-order valence-corrected chi connectivity index (χ0v) is 11.8. The molecule has 0 saturated carbocycles. The van der Waals surface area contributed by atoms with E-state index in [-0.39, 0.29) is 25.2 Å². The highest BCUT2D eigenvalue weighted by atomic mass is 16.5. The van der Waals surface area contributed by atoms with Crippen LogP contribution in [0.25, 0.3) is 0 Å². The van der Waals surface area contributed by atoms with Crippen molar-refractivity contribution in [3.8, 4) is 0 Å². The van der Waals surface area contributed by atoms with Crippen LogP contribution in [0.4, 0.5) is 0 Å². The zero-order valence-electron chi connectivity index (χ0n) is 11.8. The van der Waals surface area contributed by atoms with E-state index in [0.29, 0.717) is 6.42 Å². The van der Waals surface area contributed by atoms with Gasteiger partial charge in [-0.2, -0.15) is 0 Å². The molecule has 0 aliphatic carbocycles. The number of ether oxygens (including phenoxy) is 2. The van der Waals surface area contributed by atoms with E-state index in [4.69, 9.17) is 9.47 Å². The summed E-state index contributed by atoms with van der Waals surface area (Å²) < 4.78 is 10.1. The van der Waals surface area contributed by atoms with E-state index in [2.05, 4.69) is 6.58 Å². The monoisotopic (exact) mass is 266 g/mol. The second kappa shape index (κ2) is 9.14. The van der Waals surface area contributed by atoms with E-state index in [9.17, 15) is 9.59 Å². The Bertz CT molecular complexity index is 348. The van der Waals surface area contributed by atoms with E-state index in [0.717, 1.165) is 0 Å². The van der Waals surface area contributed by atoms with Crippen LogP contribution in [0.15, 0.2) is 37.0 Å². The minimum atomic E-state index is -0.571. The molecule has 0 heterocycles.